The minimum atomic E-state index is -0.639. The zero-order valence-corrected chi connectivity index (χ0v) is 18.3. The van der Waals surface area contributed by atoms with Gasteiger partial charge in [-0.3, -0.25) is 9.59 Å². The van der Waals surface area contributed by atoms with Crippen LogP contribution in [-0.2, 0) is 11.3 Å². The van der Waals surface area contributed by atoms with E-state index in [0.29, 0.717) is 36.6 Å². The molecule has 8 heteroatoms. The lowest BCUT2D eigenvalue weighted by Crippen LogP contribution is -2.28. The number of carbonyl (C=O) groups excluding carboxylic acids is 2. The molecule has 3 aromatic rings. The second-order valence-corrected chi connectivity index (χ2v) is 7.88. The lowest BCUT2D eigenvalue weighted by molar-refractivity contribution is -0.124. The molecule has 0 bridgehead atoms. The van der Waals surface area contributed by atoms with Gasteiger partial charge in [0.15, 0.2) is 0 Å². The number of likely N-dealkylation sites (tertiary alicyclic amines) is 1. The molecule has 8 nitrogen and oxygen atoms in total. The number of benzene rings is 2. The van der Waals surface area contributed by atoms with Gasteiger partial charge in [0.1, 0.15) is 28.6 Å². The molecule has 1 atom stereocenters. The summed E-state index contributed by atoms with van der Waals surface area (Å²) in [6.45, 7) is 3.32. The molecule has 1 aliphatic heterocycles. The zero-order valence-electron chi connectivity index (χ0n) is 18.3. The van der Waals surface area contributed by atoms with Gasteiger partial charge < -0.3 is 21.1 Å². The fourth-order valence-electron chi connectivity index (χ4n) is 3.96. The third-order valence-electron chi connectivity index (χ3n) is 5.58. The van der Waals surface area contributed by atoms with E-state index in [4.69, 9.17) is 16.2 Å². The van der Waals surface area contributed by atoms with Crippen LogP contribution in [0.25, 0.3) is 11.3 Å². The number of ether oxygens (including phenoxy) is 1. The molecule has 0 spiro atoms. The molecule has 0 saturated carbocycles. The first-order chi connectivity index (χ1) is 16.0. The van der Waals surface area contributed by atoms with Crippen LogP contribution < -0.4 is 16.2 Å². The van der Waals surface area contributed by atoms with Crippen molar-refractivity contribution in [1.29, 1.82) is 0 Å². The van der Waals surface area contributed by atoms with Crippen LogP contribution in [0.5, 0.6) is 11.5 Å². The molecule has 33 heavy (non-hydrogen) atoms. The molecule has 1 unspecified atom stereocenters. The average Bonchev–Trinajstić information content (AvgIpc) is 3.40. The number of nitrogens with two attached hydrogens (primary N) is 2. The molecule has 1 saturated heterocycles. The van der Waals surface area contributed by atoms with Gasteiger partial charge in [0, 0.05) is 25.2 Å². The zero-order chi connectivity index (χ0) is 23.4. The van der Waals surface area contributed by atoms with Crippen LogP contribution in [0.15, 0.2) is 54.6 Å². The van der Waals surface area contributed by atoms with Crippen LogP contribution in [-0.4, -0.2) is 39.6 Å². The number of aromatic nitrogens is 2. The van der Waals surface area contributed by atoms with E-state index in [-0.39, 0.29) is 23.2 Å². The molecular formula is C25H25N5O3. The van der Waals surface area contributed by atoms with Crippen molar-refractivity contribution >= 4 is 17.6 Å². The van der Waals surface area contributed by atoms with Crippen molar-refractivity contribution in [2.75, 3.05) is 18.8 Å². The van der Waals surface area contributed by atoms with Gasteiger partial charge in [-0.1, -0.05) is 24.1 Å². The number of hydrogen-bond donors (Lipinski definition) is 2. The highest BCUT2D eigenvalue weighted by Crippen LogP contribution is 2.31. The summed E-state index contributed by atoms with van der Waals surface area (Å²) < 4.78 is 7.43. The summed E-state index contributed by atoms with van der Waals surface area (Å²) in [4.78, 5) is 25.9. The molecule has 2 amide bonds. The first kappa shape index (κ1) is 22.0. The van der Waals surface area contributed by atoms with Crippen molar-refractivity contribution < 1.29 is 14.3 Å². The highest BCUT2D eigenvalue weighted by molar-refractivity contribution is 6.03. The van der Waals surface area contributed by atoms with E-state index >= 15 is 0 Å². The first-order valence-electron chi connectivity index (χ1n) is 10.7. The summed E-state index contributed by atoms with van der Waals surface area (Å²) in [6, 6.07) is 16.7. The number of nitrogens with zero attached hydrogens (tertiary/aromatic N) is 3. The highest BCUT2D eigenvalue weighted by Gasteiger charge is 2.28. The van der Waals surface area contributed by atoms with E-state index in [9.17, 15) is 9.59 Å². The Labute approximate surface area is 192 Å². The Morgan fingerprint density at radius 2 is 1.82 bits per heavy atom. The smallest absolute Gasteiger partial charge is 0.298 e. The second kappa shape index (κ2) is 9.49. The van der Waals surface area contributed by atoms with Gasteiger partial charge in [-0.15, -0.1) is 0 Å². The molecular weight excluding hydrogens is 418 g/mol. The van der Waals surface area contributed by atoms with Gasteiger partial charge in [-0.25, -0.2) is 4.68 Å². The number of para-hydroxylation sites is 1. The summed E-state index contributed by atoms with van der Waals surface area (Å²) in [7, 11) is 0. The van der Waals surface area contributed by atoms with Crippen LogP contribution in [0, 0.1) is 17.8 Å². The molecule has 4 rings (SSSR count). The van der Waals surface area contributed by atoms with Crippen LogP contribution in [0.3, 0.4) is 0 Å². The molecule has 0 radical (unpaired) electrons. The fraction of sp³-hybridized carbons (Fsp3) is 0.240. The third kappa shape index (κ3) is 4.83. The third-order valence-corrected chi connectivity index (χ3v) is 5.58. The molecule has 1 aliphatic rings. The number of anilines is 1. The second-order valence-electron chi connectivity index (χ2n) is 7.88. The quantitative estimate of drug-likeness (QED) is 0.568. The number of primary amides is 1. The summed E-state index contributed by atoms with van der Waals surface area (Å²) in [5.74, 6) is 6.16. The molecule has 2 aromatic carbocycles. The summed E-state index contributed by atoms with van der Waals surface area (Å²) in [5.41, 5.74) is 13.2. The van der Waals surface area contributed by atoms with Crippen molar-refractivity contribution in [1.82, 2.24) is 14.7 Å². The largest absolute Gasteiger partial charge is 0.457 e. The van der Waals surface area contributed by atoms with Crippen molar-refractivity contribution in [2.45, 2.75) is 19.9 Å². The number of rotatable bonds is 6. The Morgan fingerprint density at radius 1 is 1.12 bits per heavy atom. The molecule has 168 valence electrons. The topological polar surface area (TPSA) is 116 Å². The molecule has 1 aromatic heterocycles. The lowest BCUT2D eigenvalue weighted by atomic mass is 10.1. The maximum absolute atomic E-state index is 12.2. The minimum Gasteiger partial charge on any atom is -0.457 e. The van der Waals surface area contributed by atoms with Crippen LogP contribution in [0.1, 0.15) is 23.7 Å². The highest BCUT2D eigenvalue weighted by atomic mass is 16.5. The van der Waals surface area contributed by atoms with Gasteiger partial charge in [0.25, 0.3) is 11.8 Å². The number of nitrogen functional groups attached to an aromatic ring is 1. The Bertz CT molecular complexity index is 1220. The SMILES string of the molecule is CC#CC(=O)N1CCC(Cn2nc(-c3ccc(Oc4ccccc4)cc3)c(C(N)=O)c2N)C1. The average molecular weight is 444 g/mol. The fourth-order valence-corrected chi connectivity index (χ4v) is 3.96. The van der Waals surface area contributed by atoms with Gasteiger partial charge in [0.2, 0.25) is 0 Å². The van der Waals surface area contributed by atoms with Crippen molar-refractivity contribution in [2.24, 2.45) is 11.7 Å². The standard InChI is InChI=1S/C25H25N5O3/c1-2-6-21(31)29-14-13-17(15-29)16-30-24(26)22(25(27)32)23(28-30)18-9-11-20(12-10-18)33-19-7-4-3-5-8-19/h3-5,7-12,17H,13-16,26H2,1H3,(H2,27,32). The van der Waals surface area contributed by atoms with Crippen LogP contribution >= 0.6 is 0 Å². The maximum Gasteiger partial charge on any atom is 0.298 e. The predicted molar refractivity (Wildman–Crippen MR) is 125 cm³/mol. The Balaban J connectivity index is 1.54. The maximum atomic E-state index is 12.2. The molecule has 0 aliphatic carbocycles. The minimum absolute atomic E-state index is 0.157. The molecule has 4 N–H and O–H groups in total. The van der Waals surface area contributed by atoms with Crippen LogP contribution in [0.4, 0.5) is 5.82 Å². The lowest BCUT2D eigenvalue weighted by Gasteiger charge is -2.13. The van der Waals surface area contributed by atoms with E-state index in [1.807, 2.05) is 42.5 Å². The Morgan fingerprint density at radius 3 is 2.48 bits per heavy atom. The molecule has 1 fully saturated rings. The van der Waals surface area contributed by atoms with Crippen LogP contribution in [0.2, 0.25) is 0 Å². The van der Waals surface area contributed by atoms with E-state index in [0.717, 1.165) is 12.2 Å². The summed E-state index contributed by atoms with van der Waals surface area (Å²) in [5, 5.41) is 4.60. The van der Waals surface area contributed by atoms with E-state index < -0.39 is 5.91 Å². The number of amides is 2. The summed E-state index contributed by atoms with van der Waals surface area (Å²) in [6.07, 6.45) is 0.809. The normalized spacial score (nSPS) is 15.1. The van der Waals surface area contributed by atoms with Gasteiger partial charge >= 0.3 is 0 Å². The van der Waals surface area contributed by atoms with E-state index in [2.05, 4.69) is 16.9 Å². The van der Waals surface area contributed by atoms with Crippen molar-refractivity contribution in [3.8, 4) is 34.6 Å². The molecule has 2 heterocycles. The first-order valence-corrected chi connectivity index (χ1v) is 10.7. The summed E-state index contributed by atoms with van der Waals surface area (Å²) >= 11 is 0. The Kier molecular flexibility index (Phi) is 6.31. The van der Waals surface area contributed by atoms with E-state index in [1.54, 1.807) is 28.6 Å². The van der Waals surface area contributed by atoms with Gasteiger partial charge in [0.05, 0.1) is 0 Å². The van der Waals surface area contributed by atoms with E-state index in [1.165, 1.54) is 0 Å². The van der Waals surface area contributed by atoms with Crippen molar-refractivity contribution in [3.63, 3.8) is 0 Å². The van der Waals surface area contributed by atoms with Crippen molar-refractivity contribution in [3.05, 3.63) is 60.2 Å². The Hall–Kier alpha value is -4.25. The monoisotopic (exact) mass is 443 g/mol. The number of hydrogen-bond acceptors (Lipinski definition) is 5. The number of carbonyl (C=O) groups is 2. The van der Waals surface area contributed by atoms with Gasteiger partial charge in [-0.2, -0.15) is 5.10 Å². The predicted octanol–water partition coefficient (Wildman–Crippen LogP) is 2.90. The van der Waals surface area contributed by atoms with Gasteiger partial charge in [-0.05, 0) is 61.6 Å².